The van der Waals surface area contributed by atoms with Gasteiger partial charge in [0.25, 0.3) is 0 Å². The van der Waals surface area contributed by atoms with Crippen LogP contribution in [0.25, 0.3) is 0 Å². The van der Waals surface area contributed by atoms with Crippen molar-refractivity contribution in [3.63, 3.8) is 0 Å². The van der Waals surface area contributed by atoms with Crippen LogP contribution in [0.1, 0.15) is 20.3 Å². The second-order valence-electron chi connectivity index (χ2n) is 4.03. The molecule has 0 aromatic heterocycles. The molecule has 14 heavy (non-hydrogen) atoms. The molecule has 0 aliphatic rings. The Morgan fingerprint density at radius 3 is 2.36 bits per heavy atom. The quantitative estimate of drug-likeness (QED) is 0.641. The summed E-state index contributed by atoms with van der Waals surface area (Å²) in [6.45, 7) is 4.83. The van der Waals surface area contributed by atoms with E-state index >= 15 is 0 Å². The van der Waals surface area contributed by atoms with Crippen molar-refractivity contribution in [1.29, 1.82) is 0 Å². The first-order valence-electron chi connectivity index (χ1n) is 5.03. The van der Waals surface area contributed by atoms with E-state index in [-0.39, 0.29) is 18.6 Å². The monoisotopic (exact) mass is 202 g/mol. The first-order valence-corrected chi connectivity index (χ1v) is 5.03. The van der Waals surface area contributed by atoms with Crippen molar-refractivity contribution in [2.24, 2.45) is 5.92 Å². The van der Waals surface area contributed by atoms with Gasteiger partial charge in [0.05, 0.1) is 6.61 Å². The molecule has 84 valence electrons. The maximum atomic E-state index is 11.2. The average Bonchev–Trinajstić information content (AvgIpc) is 2.11. The van der Waals surface area contributed by atoms with Crippen LogP contribution in [0.3, 0.4) is 0 Å². The predicted octanol–water partition coefficient (Wildman–Crippen LogP) is 0.0712. The minimum atomic E-state index is 0.0879. The van der Waals surface area contributed by atoms with Crippen LogP contribution in [0.2, 0.25) is 0 Å². The number of amides is 1. The topological polar surface area (TPSA) is 52.6 Å². The van der Waals surface area contributed by atoms with Crippen LogP contribution in [0.4, 0.5) is 0 Å². The summed E-state index contributed by atoms with van der Waals surface area (Å²) >= 11 is 0. The third kappa shape index (κ3) is 5.19. The molecule has 0 aromatic carbocycles. The maximum Gasteiger partial charge on any atom is 0.223 e. The smallest absolute Gasteiger partial charge is 0.223 e. The molecule has 0 fully saturated rings. The minimum Gasteiger partial charge on any atom is -0.395 e. The number of carbonyl (C=O) groups excluding carboxylic acids is 1. The van der Waals surface area contributed by atoms with Gasteiger partial charge in [0.15, 0.2) is 0 Å². The molecule has 0 radical (unpaired) electrons. The number of nitrogens with zero attached hydrogens (tertiary/aromatic N) is 1. The Morgan fingerprint density at radius 2 is 2.00 bits per heavy atom. The number of nitrogens with one attached hydrogen (secondary N) is 1. The van der Waals surface area contributed by atoms with E-state index in [1.165, 1.54) is 0 Å². The van der Waals surface area contributed by atoms with Gasteiger partial charge in [-0.3, -0.25) is 4.79 Å². The van der Waals surface area contributed by atoms with Crippen LogP contribution in [-0.4, -0.2) is 49.2 Å². The predicted molar refractivity (Wildman–Crippen MR) is 57.0 cm³/mol. The lowest BCUT2D eigenvalue weighted by Gasteiger charge is -2.20. The molecule has 0 unspecified atom stereocenters. The lowest BCUT2D eigenvalue weighted by molar-refractivity contribution is -0.128. The highest BCUT2D eigenvalue weighted by atomic mass is 16.3. The third-order valence-electron chi connectivity index (χ3n) is 2.25. The zero-order chi connectivity index (χ0) is 11.1. The zero-order valence-corrected chi connectivity index (χ0v) is 9.58. The van der Waals surface area contributed by atoms with Gasteiger partial charge in [-0.15, -0.1) is 0 Å². The van der Waals surface area contributed by atoms with E-state index in [2.05, 4.69) is 5.32 Å². The van der Waals surface area contributed by atoms with Crippen LogP contribution >= 0.6 is 0 Å². The lowest BCUT2D eigenvalue weighted by Crippen LogP contribution is -2.39. The largest absolute Gasteiger partial charge is 0.395 e. The van der Waals surface area contributed by atoms with Crippen molar-refractivity contribution in [2.45, 2.75) is 26.3 Å². The molecule has 4 heteroatoms. The minimum absolute atomic E-state index is 0.0879. The van der Waals surface area contributed by atoms with Gasteiger partial charge < -0.3 is 15.3 Å². The molecule has 0 saturated heterocycles. The zero-order valence-electron chi connectivity index (χ0n) is 9.58. The number of hydrogen-bond donors (Lipinski definition) is 2. The Morgan fingerprint density at radius 1 is 1.43 bits per heavy atom. The molecule has 1 amide bonds. The van der Waals surface area contributed by atoms with E-state index in [0.29, 0.717) is 18.9 Å². The second-order valence-corrected chi connectivity index (χ2v) is 4.03. The Balaban J connectivity index is 3.66. The summed E-state index contributed by atoms with van der Waals surface area (Å²) in [4.78, 5) is 12.8. The number of rotatable bonds is 6. The highest BCUT2D eigenvalue weighted by Crippen LogP contribution is 2.00. The van der Waals surface area contributed by atoms with Gasteiger partial charge in [0, 0.05) is 33.1 Å². The van der Waals surface area contributed by atoms with E-state index < -0.39 is 0 Å². The van der Waals surface area contributed by atoms with Crippen LogP contribution in [0, 0.1) is 5.92 Å². The van der Waals surface area contributed by atoms with Gasteiger partial charge in [-0.1, -0.05) is 13.8 Å². The summed E-state index contributed by atoms with van der Waals surface area (Å²) in [7, 11) is 3.49. The highest BCUT2D eigenvalue weighted by Gasteiger charge is 2.11. The van der Waals surface area contributed by atoms with Crippen molar-refractivity contribution in [3.05, 3.63) is 0 Å². The SMILES string of the molecule is CC(C)[C@@H](CO)NCCC(=O)N(C)C. The summed E-state index contributed by atoms with van der Waals surface area (Å²) in [5, 5.41) is 12.2. The molecule has 0 saturated carbocycles. The molecule has 1 atom stereocenters. The Kier molecular flexibility index (Phi) is 6.49. The molecule has 0 aliphatic carbocycles. The molecule has 0 spiro atoms. The van der Waals surface area contributed by atoms with Gasteiger partial charge in [-0.05, 0) is 5.92 Å². The summed E-state index contributed by atoms with van der Waals surface area (Å²) in [5.74, 6) is 0.493. The molecule has 0 rings (SSSR count). The fourth-order valence-corrected chi connectivity index (χ4v) is 1.10. The maximum absolute atomic E-state index is 11.2. The van der Waals surface area contributed by atoms with E-state index in [0.717, 1.165) is 0 Å². The third-order valence-corrected chi connectivity index (χ3v) is 2.25. The lowest BCUT2D eigenvalue weighted by atomic mass is 10.1. The summed E-state index contributed by atoms with van der Waals surface area (Å²) in [6, 6.07) is 0.0879. The van der Waals surface area contributed by atoms with E-state index in [1.54, 1.807) is 19.0 Å². The Hall–Kier alpha value is -0.610. The van der Waals surface area contributed by atoms with Gasteiger partial charge in [-0.25, -0.2) is 0 Å². The molecule has 4 nitrogen and oxygen atoms in total. The fraction of sp³-hybridized carbons (Fsp3) is 0.900. The van der Waals surface area contributed by atoms with Crippen LogP contribution < -0.4 is 5.32 Å². The van der Waals surface area contributed by atoms with Crippen molar-refractivity contribution < 1.29 is 9.90 Å². The Labute approximate surface area is 86.3 Å². The molecular formula is C10H22N2O2. The first-order chi connectivity index (χ1) is 6.49. The van der Waals surface area contributed by atoms with Crippen molar-refractivity contribution in [3.8, 4) is 0 Å². The van der Waals surface area contributed by atoms with Gasteiger partial charge in [0.1, 0.15) is 0 Å². The van der Waals surface area contributed by atoms with Crippen LogP contribution in [0.5, 0.6) is 0 Å². The van der Waals surface area contributed by atoms with Gasteiger partial charge >= 0.3 is 0 Å². The molecule has 0 heterocycles. The number of aliphatic hydroxyl groups excluding tert-OH is 1. The van der Waals surface area contributed by atoms with Crippen molar-refractivity contribution in [1.82, 2.24) is 10.2 Å². The fourth-order valence-electron chi connectivity index (χ4n) is 1.10. The van der Waals surface area contributed by atoms with Gasteiger partial charge in [-0.2, -0.15) is 0 Å². The Bertz CT molecular complexity index is 170. The first kappa shape index (κ1) is 13.4. The number of hydrogen-bond acceptors (Lipinski definition) is 3. The molecule has 0 bridgehead atoms. The number of carbonyl (C=O) groups is 1. The summed E-state index contributed by atoms with van der Waals surface area (Å²) in [6.07, 6.45) is 0.482. The second kappa shape index (κ2) is 6.79. The molecule has 0 aliphatic heterocycles. The van der Waals surface area contributed by atoms with E-state index in [1.807, 2.05) is 13.8 Å². The highest BCUT2D eigenvalue weighted by molar-refractivity contribution is 5.75. The van der Waals surface area contributed by atoms with Crippen LogP contribution in [0.15, 0.2) is 0 Å². The van der Waals surface area contributed by atoms with Crippen LogP contribution in [-0.2, 0) is 4.79 Å². The average molecular weight is 202 g/mol. The normalized spacial score (nSPS) is 13.0. The van der Waals surface area contributed by atoms with Crippen molar-refractivity contribution >= 4 is 5.91 Å². The standard InChI is InChI=1S/C10H22N2O2/c1-8(2)9(7-13)11-6-5-10(14)12(3)4/h8-9,11,13H,5-7H2,1-4H3/t9-/m1/s1. The number of aliphatic hydroxyl groups is 1. The molecule has 0 aromatic rings. The molecular weight excluding hydrogens is 180 g/mol. The van der Waals surface area contributed by atoms with E-state index in [9.17, 15) is 4.79 Å². The van der Waals surface area contributed by atoms with Gasteiger partial charge in [0.2, 0.25) is 5.91 Å². The summed E-state index contributed by atoms with van der Waals surface area (Å²) < 4.78 is 0. The van der Waals surface area contributed by atoms with E-state index in [4.69, 9.17) is 5.11 Å². The molecule has 2 N–H and O–H groups in total. The summed E-state index contributed by atoms with van der Waals surface area (Å²) in [5.41, 5.74) is 0. The van der Waals surface area contributed by atoms with Crippen molar-refractivity contribution in [2.75, 3.05) is 27.2 Å².